The molecule has 37 heavy (non-hydrogen) atoms. The molecule has 0 aliphatic heterocycles. The molecule has 1 heterocycles. The van der Waals surface area contributed by atoms with Crippen LogP contribution in [0.2, 0.25) is 0 Å². The maximum Gasteiger partial charge on any atom is 0.326 e. The second-order valence-electron chi connectivity index (χ2n) is 8.68. The molecule has 0 saturated carbocycles. The highest BCUT2D eigenvalue weighted by atomic mass is 16.5. The molecule has 4 rings (SSSR count). The number of esters is 1. The van der Waals surface area contributed by atoms with Crippen LogP contribution in [0, 0.1) is 0 Å². The standard InChI is InChI=1S/C30H31N3O4/c1-3-4-19-36-28(34)21-33-29(24-11-7-5-8-12-24)31-20-27(30(33)35)32-22(2)23-15-17-26(18-16-23)37-25-13-9-6-10-14-25/h5-18,20,22,32H,3-4,19,21H2,1-2H3. The summed E-state index contributed by atoms with van der Waals surface area (Å²) in [7, 11) is 0. The summed E-state index contributed by atoms with van der Waals surface area (Å²) in [5.74, 6) is 1.44. The van der Waals surface area contributed by atoms with Crippen molar-refractivity contribution < 1.29 is 14.3 Å². The molecule has 7 heteroatoms. The first-order valence-corrected chi connectivity index (χ1v) is 12.5. The molecule has 0 bridgehead atoms. The van der Waals surface area contributed by atoms with E-state index in [0.717, 1.165) is 35.5 Å². The predicted octanol–water partition coefficient (Wildman–Crippen LogP) is 6.22. The zero-order chi connectivity index (χ0) is 26.0. The van der Waals surface area contributed by atoms with Gasteiger partial charge in [-0.1, -0.05) is 74.0 Å². The molecule has 0 radical (unpaired) electrons. The van der Waals surface area contributed by atoms with Gasteiger partial charge in [-0.25, -0.2) is 4.98 Å². The van der Waals surface area contributed by atoms with Gasteiger partial charge in [0, 0.05) is 11.6 Å². The van der Waals surface area contributed by atoms with Crippen LogP contribution in [0.1, 0.15) is 38.3 Å². The number of ether oxygens (including phenoxy) is 2. The summed E-state index contributed by atoms with van der Waals surface area (Å²) < 4.78 is 12.6. The van der Waals surface area contributed by atoms with Crippen LogP contribution < -0.4 is 15.6 Å². The monoisotopic (exact) mass is 497 g/mol. The fourth-order valence-electron chi connectivity index (χ4n) is 3.83. The van der Waals surface area contributed by atoms with Gasteiger partial charge in [0.15, 0.2) is 0 Å². The lowest BCUT2D eigenvalue weighted by Crippen LogP contribution is -2.30. The highest BCUT2D eigenvalue weighted by Gasteiger charge is 2.17. The number of anilines is 1. The van der Waals surface area contributed by atoms with Gasteiger partial charge < -0.3 is 14.8 Å². The minimum Gasteiger partial charge on any atom is -0.464 e. The molecule has 7 nitrogen and oxygen atoms in total. The maximum absolute atomic E-state index is 13.5. The van der Waals surface area contributed by atoms with E-state index < -0.39 is 5.97 Å². The van der Waals surface area contributed by atoms with Crippen molar-refractivity contribution >= 4 is 11.7 Å². The highest BCUT2D eigenvalue weighted by molar-refractivity contribution is 5.70. The van der Waals surface area contributed by atoms with E-state index in [9.17, 15) is 9.59 Å². The zero-order valence-electron chi connectivity index (χ0n) is 21.1. The number of benzene rings is 3. The molecule has 4 aromatic rings. The van der Waals surface area contributed by atoms with Gasteiger partial charge in [0.2, 0.25) is 0 Å². The third kappa shape index (κ3) is 6.85. The molecule has 1 N–H and O–H groups in total. The van der Waals surface area contributed by atoms with Crippen molar-refractivity contribution in [3.05, 3.63) is 107 Å². The first-order valence-electron chi connectivity index (χ1n) is 12.5. The molecule has 0 aliphatic carbocycles. The quantitative estimate of drug-likeness (QED) is 0.196. The van der Waals surface area contributed by atoms with E-state index in [1.54, 1.807) is 0 Å². The first kappa shape index (κ1) is 25.7. The van der Waals surface area contributed by atoms with E-state index in [1.807, 2.05) is 98.8 Å². The number of hydrogen-bond donors (Lipinski definition) is 1. The van der Waals surface area contributed by atoms with Crippen molar-refractivity contribution in [1.82, 2.24) is 9.55 Å². The van der Waals surface area contributed by atoms with Gasteiger partial charge in [-0.2, -0.15) is 0 Å². The molecular weight excluding hydrogens is 466 g/mol. The third-order valence-corrected chi connectivity index (χ3v) is 5.86. The third-order valence-electron chi connectivity index (χ3n) is 5.86. The minimum absolute atomic E-state index is 0.187. The van der Waals surface area contributed by atoms with Gasteiger partial charge in [-0.3, -0.25) is 14.2 Å². The smallest absolute Gasteiger partial charge is 0.326 e. The van der Waals surface area contributed by atoms with Crippen molar-refractivity contribution in [3.8, 4) is 22.9 Å². The van der Waals surface area contributed by atoms with Crippen LogP contribution in [0.4, 0.5) is 5.69 Å². The second-order valence-corrected chi connectivity index (χ2v) is 8.68. The maximum atomic E-state index is 13.5. The Kier molecular flexibility index (Phi) is 8.70. The Morgan fingerprint density at radius 1 is 0.946 bits per heavy atom. The number of carbonyl (C=O) groups is 1. The molecule has 1 unspecified atom stereocenters. The number of unbranched alkanes of at least 4 members (excludes halogenated alkanes) is 1. The summed E-state index contributed by atoms with van der Waals surface area (Å²) in [5, 5.41) is 3.25. The topological polar surface area (TPSA) is 82.5 Å². The SMILES string of the molecule is CCCCOC(=O)Cn1c(-c2ccccc2)ncc(NC(C)c2ccc(Oc3ccccc3)cc2)c1=O. The largest absolute Gasteiger partial charge is 0.464 e. The van der Waals surface area contributed by atoms with Crippen molar-refractivity contribution in [3.63, 3.8) is 0 Å². The van der Waals surface area contributed by atoms with E-state index in [0.29, 0.717) is 18.1 Å². The van der Waals surface area contributed by atoms with E-state index in [1.165, 1.54) is 10.8 Å². The molecule has 0 spiro atoms. The van der Waals surface area contributed by atoms with Gasteiger partial charge in [0.05, 0.1) is 12.8 Å². The van der Waals surface area contributed by atoms with Crippen LogP contribution in [-0.4, -0.2) is 22.1 Å². The van der Waals surface area contributed by atoms with Crippen LogP contribution >= 0.6 is 0 Å². The van der Waals surface area contributed by atoms with Crippen molar-refractivity contribution in [1.29, 1.82) is 0 Å². The summed E-state index contributed by atoms with van der Waals surface area (Å²) in [6.07, 6.45) is 3.21. The molecule has 0 saturated heterocycles. The number of aromatic nitrogens is 2. The van der Waals surface area contributed by atoms with E-state index in [2.05, 4.69) is 10.3 Å². The van der Waals surface area contributed by atoms with Crippen molar-refractivity contribution in [2.24, 2.45) is 0 Å². The number of nitrogens with zero attached hydrogens (tertiary/aromatic N) is 2. The number of para-hydroxylation sites is 1. The predicted molar refractivity (Wildman–Crippen MR) is 145 cm³/mol. The average molecular weight is 498 g/mol. The van der Waals surface area contributed by atoms with Gasteiger partial charge in [0.1, 0.15) is 29.6 Å². The molecule has 0 aliphatic rings. The Hall–Kier alpha value is -4.39. The molecule has 0 amide bonds. The summed E-state index contributed by atoms with van der Waals surface area (Å²) in [4.78, 5) is 30.5. The lowest BCUT2D eigenvalue weighted by atomic mass is 10.1. The lowest BCUT2D eigenvalue weighted by molar-refractivity contribution is -0.144. The Morgan fingerprint density at radius 2 is 1.59 bits per heavy atom. The first-order chi connectivity index (χ1) is 18.0. The molecule has 1 atom stereocenters. The molecule has 0 fully saturated rings. The number of nitrogens with one attached hydrogen (secondary N) is 1. The van der Waals surface area contributed by atoms with E-state index >= 15 is 0 Å². The van der Waals surface area contributed by atoms with Gasteiger partial charge >= 0.3 is 5.97 Å². The highest BCUT2D eigenvalue weighted by Crippen LogP contribution is 2.25. The van der Waals surface area contributed by atoms with Crippen molar-refractivity contribution in [2.45, 2.75) is 39.3 Å². The summed E-state index contributed by atoms with van der Waals surface area (Å²) >= 11 is 0. The lowest BCUT2D eigenvalue weighted by Gasteiger charge is -2.18. The van der Waals surface area contributed by atoms with Crippen LogP contribution in [-0.2, 0) is 16.1 Å². The Morgan fingerprint density at radius 3 is 2.27 bits per heavy atom. The van der Waals surface area contributed by atoms with Crippen LogP contribution in [0.5, 0.6) is 11.5 Å². The van der Waals surface area contributed by atoms with Gasteiger partial charge in [0.25, 0.3) is 5.56 Å². The molecule has 1 aromatic heterocycles. The zero-order valence-corrected chi connectivity index (χ0v) is 21.1. The number of carbonyl (C=O) groups excluding carboxylic acids is 1. The Bertz CT molecular complexity index is 1350. The number of hydrogen-bond acceptors (Lipinski definition) is 6. The van der Waals surface area contributed by atoms with Gasteiger partial charge in [-0.05, 0) is 43.2 Å². The van der Waals surface area contributed by atoms with Crippen LogP contribution in [0.25, 0.3) is 11.4 Å². The number of rotatable bonds is 11. The normalized spacial score (nSPS) is 11.5. The Labute approximate surface area is 216 Å². The average Bonchev–Trinajstić information content (AvgIpc) is 2.92. The van der Waals surface area contributed by atoms with E-state index in [4.69, 9.17) is 9.47 Å². The fraction of sp³-hybridized carbons (Fsp3) is 0.233. The summed E-state index contributed by atoms with van der Waals surface area (Å²) in [6.45, 7) is 4.10. The summed E-state index contributed by atoms with van der Waals surface area (Å²) in [5.41, 5.74) is 1.68. The second kappa shape index (κ2) is 12.5. The van der Waals surface area contributed by atoms with E-state index in [-0.39, 0.29) is 18.1 Å². The molecule has 190 valence electrons. The summed E-state index contributed by atoms with van der Waals surface area (Å²) in [6, 6.07) is 26.4. The fourth-order valence-corrected chi connectivity index (χ4v) is 3.83. The van der Waals surface area contributed by atoms with Crippen LogP contribution in [0.3, 0.4) is 0 Å². The minimum atomic E-state index is -0.464. The Balaban J connectivity index is 1.54. The van der Waals surface area contributed by atoms with Crippen molar-refractivity contribution in [2.75, 3.05) is 11.9 Å². The molecular formula is C30H31N3O4. The molecule has 3 aromatic carbocycles. The van der Waals surface area contributed by atoms with Crippen LogP contribution in [0.15, 0.2) is 95.9 Å². The van der Waals surface area contributed by atoms with Gasteiger partial charge in [-0.15, -0.1) is 0 Å².